The number of carbonyl (C=O) groups excluding carboxylic acids is 2. The molecule has 7 heteroatoms. The fraction of sp³-hybridized carbons (Fsp3) is 0.462. The summed E-state index contributed by atoms with van der Waals surface area (Å²) < 4.78 is 0.739. The van der Waals surface area contributed by atoms with Crippen LogP contribution in [-0.4, -0.2) is 59.8 Å². The van der Waals surface area contributed by atoms with E-state index in [2.05, 4.69) is 26.2 Å². The van der Waals surface area contributed by atoms with Crippen LogP contribution in [0.5, 0.6) is 0 Å². The Kier molecular flexibility index (Phi) is 4.59. The monoisotopic (exact) mass is 340 g/mol. The molecule has 1 aromatic rings. The molecule has 0 radical (unpaired) electrons. The predicted octanol–water partition coefficient (Wildman–Crippen LogP) is 1.19. The molecule has 0 bridgehead atoms. The highest BCUT2D eigenvalue weighted by Gasteiger charge is 2.27. The van der Waals surface area contributed by atoms with Crippen LogP contribution in [0.1, 0.15) is 17.3 Å². The van der Waals surface area contributed by atoms with Gasteiger partial charge in [0.2, 0.25) is 5.91 Å². The van der Waals surface area contributed by atoms with E-state index in [1.807, 2.05) is 6.92 Å². The second kappa shape index (κ2) is 6.21. The average Bonchev–Trinajstić information content (AvgIpc) is 2.43. The van der Waals surface area contributed by atoms with Crippen LogP contribution in [0.15, 0.2) is 16.7 Å². The van der Waals surface area contributed by atoms with Crippen LogP contribution in [0.3, 0.4) is 0 Å². The molecular formula is C13H17BrN4O2. The Labute approximate surface area is 126 Å². The minimum absolute atomic E-state index is 0.0439. The third kappa shape index (κ3) is 3.09. The molecule has 0 spiro atoms. The van der Waals surface area contributed by atoms with Crippen molar-refractivity contribution in [1.82, 2.24) is 14.8 Å². The molecule has 0 aromatic carbocycles. The Hall–Kier alpha value is -1.63. The van der Waals surface area contributed by atoms with E-state index in [4.69, 9.17) is 0 Å². The highest BCUT2D eigenvalue weighted by Crippen LogP contribution is 2.20. The van der Waals surface area contributed by atoms with Gasteiger partial charge >= 0.3 is 0 Å². The van der Waals surface area contributed by atoms with E-state index in [1.165, 1.54) is 0 Å². The van der Waals surface area contributed by atoms with E-state index < -0.39 is 0 Å². The molecule has 1 aliphatic rings. The molecule has 0 aliphatic carbocycles. The van der Waals surface area contributed by atoms with Gasteiger partial charge in [0.25, 0.3) is 5.91 Å². The van der Waals surface area contributed by atoms with Crippen molar-refractivity contribution in [3.05, 3.63) is 22.3 Å². The molecule has 1 saturated heterocycles. The number of hydrogen-bond donors (Lipinski definition) is 1. The summed E-state index contributed by atoms with van der Waals surface area (Å²) in [5, 5.41) is 3.07. The lowest BCUT2D eigenvalue weighted by atomic mass is 10.2. The number of aromatic nitrogens is 1. The maximum absolute atomic E-state index is 12.6. The van der Waals surface area contributed by atoms with Gasteiger partial charge in [-0.05, 0) is 28.9 Å². The molecule has 2 heterocycles. The standard InChI is InChI=1S/C13H17BrN4O2/c1-3-15-12-10(6-9(14)7-16-12)13(20)18-5-4-17(2)11(19)8-18/h6-7H,3-5,8H2,1-2H3,(H,15,16). The first-order valence-electron chi connectivity index (χ1n) is 6.45. The van der Waals surface area contributed by atoms with Crippen molar-refractivity contribution in [3.8, 4) is 0 Å². The zero-order chi connectivity index (χ0) is 14.7. The Morgan fingerprint density at radius 3 is 2.90 bits per heavy atom. The third-order valence-electron chi connectivity index (χ3n) is 3.17. The largest absolute Gasteiger partial charge is 0.370 e. The van der Waals surface area contributed by atoms with Gasteiger partial charge in [0.05, 0.1) is 5.56 Å². The van der Waals surface area contributed by atoms with Gasteiger partial charge in [-0.1, -0.05) is 0 Å². The number of likely N-dealkylation sites (N-methyl/N-ethyl adjacent to an activating group) is 1. The molecule has 108 valence electrons. The number of nitrogens with one attached hydrogen (secondary N) is 1. The lowest BCUT2D eigenvalue weighted by molar-refractivity contribution is -0.133. The summed E-state index contributed by atoms with van der Waals surface area (Å²) in [6.45, 7) is 3.84. The van der Waals surface area contributed by atoms with Crippen molar-refractivity contribution in [2.24, 2.45) is 0 Å². The third-order valence-corrected chi connectivity index (χ3v) is 3.61. The zero-order valence-electron chi connectivity index (χ0n) is 11.5. The Morgan fingerprint density at radius 1 is 1.50 bits per heavy atom. The van der Waals surface area contributed by atoms with Crippen LogP contribution in [0.4, 0.5) is 5.82 Å². The highest BCUT2D eigenvalue weighted by molar-refractivity contribution is 9.10. The summed E-state index contributed by atoms with van der Waals surface area (Å²) in [5.41, 5.74) is 0.485. The Balaban J connectivity index is 2.24. The fourth-order valence-corrected chi connectivity index (χ4v) is 2.34. The number of halogens is 1. The second-order valence-electron chi connectivity index (χ2n) is 4.62. The lowest BCUT2D eigenvalue weighted by Gasteiger charge is -2.32. The summed E-state index contributed by atoms with van der Waals surface area (Å²) in [6.07, 6.45) is 1.64. The van der Waals surface area contributed by atoms with Gasteiger partial charge in [0.15, 0.2) is 0 Å². The van der Waals surface area contributed by atoms with Crippen LogP contribution in [-0.2, 0) is 4.79 Å². The number of nitrogens with zero attached hydrogens (tertiary/aromatic N) is 3. The van der Waals surface area contributed by atoms with Crippen LogP contribution in [0.2, 0.25) is 0 Å². The minimum atomic E-state index is -0.170. The SMILES string of the molecule is CCNc1ncc(Br)cc1C(=O)N1CCN(C)C(=O)C1. The first-order valence-corrected chi connectivity index (χ1v) is 7.25. The Bertz CT molecular complexity index is 535. The number of rotatable bonds is 3. The Morgan fingerprint density at radius 2 is 2.25 bits per heavy atom. The van der Waals surface area contributed by atoms with Crippen molar-refractivity contribution in [2.45, 2.75) is 6.92 Å². The summed E-state index contributed by atoms with van der Waals surface area (Å²) in [6, 6.07) is 1.73. The van der Waals surface area contributed by atoms with Crippen LogP contribution in [0.25, 0.3) is 0 Å². The molecule has 1 aliphatic heterocycles. The fourth-order valence-electron chi connectivity index (χ4n) is 2.01. The summed E-state index contributed by atoms with van der Waals surface area (Å²) in [5.74, 6) is 0.334. The van der Waals surface area contributed by atoms with Gasteiger partial charge in [0, 0.05) is 37.4 Å². The number of amides is 2. The average molecular weight is 341 g/mol. The number of piperazine rings is 1. The maximum atomic E-state index is 12.6. The molecule has 1 fully saturated rings. The second-order valence-corrected chi connectivity index (χ2v) is 5.54. The van der Waals surface area contributed by atoms with Crippen molar-refractivity contribution >= 4 is 33.6 Å². The van der Waals surface area contributed by atoms with E-state index >= 15 is 0 Å². The van der Waals surface area contributed by atoms with Gasteiger partial charge in [-0.15, -0.1) is 0 Å². The maximum Gasteiger partial charge on any atom is 0.258 e. The van der Waals surface area contributed by atoms with E-state index in [1.54, 1.807) is 29.1 Å². The molecule has 6 nitrogen and oxygen atoms in total. The normalized spacial score (nSPS) is 15.4. The van der Waals surface area contributed by atoms with Crippen LogP contribution in [0, 0.1) is 0 Å². The van der Waals surface area contributed by atoms with E-state index in [0.29, 0.717) is 31.0 Å². The molecule has 0 unspecified atom stereocenters. The quantitative estimate of drug-likeness (QED) is 0.897. The number of carbonyl (C=O) groups is 2. The van der Waals surface area contributed by atoms with Gasteiger partial charge in [0.1, 0.15) is 12.4 Å². The summed E-state index contributed by atoms with van der Waals surface area (Å²) >= 11 is 3.32. The molecule has 0 saturated carbocycles. The lowest BCUT2D eigenvalue weighted by Crippen LogP contribution is -2.50. The van der Waals surface area contributed by atoms with Gasteiger partial charge in [-0.2, -0.15) is 0 Å². The van der Waals surface area contributed by atoms with Crippen molar-refractivity contribution in [3.63, 3.8) is 0 Å². The topological polar surface area (TPSA) is 65.5 Å². The molecule has 2 rings (SSSR count). The van der Waals surface area contributed by atoms with E-state index in [-0.39, 0.29) is 18.4 Å². The van der Waals surface area contributed by atoms with Crippen molar-refractivity contribution in [1.29, 1.82) is 0 Å². The summed E-state index contributed by atoms with van der Waals surface area (Å²) in [7, 11) is 1.74. The molecule has 2 amide bonds. The smallest absolute Gasteiger partial charge is 0.258 e. The first kappa shape index (κ1) is 14.8. The molecule has 20 heavy (non-hydrogen) atoms. The summed E-state index contributed by atoms with van der Waals surface area (Å²) in [4.78, 5) is 31.7. The van der Waals surface area contributed by atoms with E-state index in [0.717, 1.165) is 4.47 Å². The predicted molar refractivity (Wildman–Crippen MR) is 79.6 cm³/mol. The van der Waals surface area contributed by atoms with Gasteiger partial charge in [-0.25, -0.2) is 4.98 Å². The van der Waals surface area contributed by atoms with Crippen LogP contribution < -0.4 is 5.32 Å². The molecule has 1 aromatic heterocycles. The highest BCUT2D eigenvalue weighted by atomic mass is 79.9. The number of anilines is 1. The van der Waals surface area contributed by atoms with Crippen LogP contribution >= 0.6 is 15.9 Å². The number of pyridine rings is 1. The van der Waals surface area contributed by atoms with Crippen molar-refractivity contribution in [2.75, 3.05) is 38.5 Å². The van der Waals surface area contributed by atoms with E-state index in [9.17, 15) is 9.59 Å². The van der Waals surface area contributed by atoms with Crippen molar-refractivity contribution < 1.29 is 9.59 Å². The van der Waals surface area contributed by atoms with Gasteiger partial charge < -0.3 is 15.1 Å². The molecule has 0 atom stereocenters. The molecular weight excluding hydrogens is 324 g/mol. The van der Waals surface area contributed by atoms with Gasteiger partial charge in [-0.3, -0.25) is 9.59 Å². The minimum Gasteiger partial charge on any atom is -0.370 e. The zero-order valence-corrected chi connectivity index (χ0v) is 13.1. The number of hydrogen-bond acceptors (Lipinski definition) is 4. The first-order chi connectivity index (χ1) is 9.52. The molecule has 1 N–H and O–H groups in total.